The van der Waals surface area contributed by atoms with Crippen molar-refractivity contribution in [2.45, 2.75) is 64.5 Å². The minimum atomic E-state index is -1.11. The molecule has 0 bridgehead atoms. The average molecular weight is 622 g/mol. The van der Waals surface area contributed by atoms with Gasteiger partial charge in [-0.15, -0.1) is 0 Å². The molecule has 45 heavy (non-hydrogen) atoms. The van der Waals surface area contributed by atoms with Crippen LogP contribution in [-0.2, 0) is 31.6 Å². The Bertz CT molecular complexity index is 1480. The largest absolute Gasteiger partial charge is 0.466 e. The molecule has 0 spiro atoms. The number of hydrogen-bond acceptors (Lipinski definition) is 9. The van der Waals surface area contributed by atoms with E-state index in [0.29, 0.717) is 35.7 Å². The lowest BCUT2D eigenvalue weighted by Crippen LogP contribution is -2.52. The van der Waals surface area contributed by atoms with Crippen molar-refractivity contribution < 1.29 is 23.9 Å². The van der Waals surface area contributed by atoms with Gasteiger partial charge in [0.25, 0.3) is 0 Å². The molecule has 244 valence electrons. The van der Waals surface area contributed by atoms with E-state index in [4.69, 9.17) is 25.6 Å². The fourth-order valence-electron chi connectivity index (χ4n) is 5.11. The maximum atomic E-state index is 13.3. The lowest BCUT2D eigenvalue weighted by atomic mass is 9.90. The summed E-state index contributed by atoms with van der Waals surface area (Å²) in [5.41, 5.74) is 9.05. The van der Waals surface area contributed by atoms with Gasteiger partial charge in [-0.05, 0) is 43.5 Å². The van der Waals surface area contributed by atoms with E-state index in [1.807, 2.05) is 29.8 Å². The van der Waals surface area contributed by atoms with Gasteiger partial charge in [0, 0.05) is 33.3 Å². The number of aryl methyl sites for hydroxylation is 1. The number of aromatic nitrogens is 2. The van der Waals surface area contributed by atoms with E-state index in [9.17, 15) is 14.4 Å². The van der Waals surface area contributed by atoms with Gasteiger partial charge in [-0.2, -0.15) is 0 Å². The molecule has 2 unspecified atom stereocenters. The van der Waals surface area contributed by atoms with Gasteiger partial charge in [0.2, 0.25) is 5.91 Å². The molecule has 3 rings (SSSR count). The van der Waals surface area contributed by atoms with Crippen LogP contribution < -0.4 is 16.4 Å². The molecule has 0 aliphatic rings. The highest BCUT2D eigenvalue weighted by Crippen LogP contribution is 2.29. The average Bonchev–Trinajstić information content (AvgIpc) is 3.35. The second-order valence-electron chi connectivity index (χ2n) is 11.3. The third-order valence-electron chi connectivity index (χ3n) is 7.73. The molecule has 0 fully saturated rings. The van der Waals surface area contributed by atoms with Gasteiger partial charge in [0.05, 0.1) is 36.7 Å². The first kappa shape index (κ1) is 35.2. The molecular weight excluding hydrogens is 574 g/mol. The predicted octanol–water partition coefficient (Wildman–Crippen LogP) is 4.10. The molecule has 0 saturated heterocycles. The number of likely N-dealkylation sites (N-methyl/N-ethyl adjacent to an activating group) is 1. The third kappa shape index (κ3) is 8.89. The minimum Gasteiger partial charge on any atom is -0.466 e. The van der Waals surface area contributed by atoms with Crippen molar-refractivity contribution in [3.8, 4) is 0 Å². The van der Waals surface area contributed by atoms with Gasteiger partial charge >= 0.3 is 12.1 Å². The third-order valence-corrected chi connectivity index (χ3v) is 7.73. The number of nitrogens with two attached hydrogens (primary N) is 1. The lowest BCUT2D eigenvalue weighted by Gasteiger charge is -2.32. The van der Waals surface area contributed by atoms with E-state index in [-0.39, 0.29) is 30.7 Å². The van der Waals surface area contributed by atoms with Crippen LogP contribution in [0.2, 0.25) is 0 Å². The number of benzene rings is 2. The number of unbranched alkanes of at least 4 members (excludes halogenated alkanes) is 3. The zero-order valence-corrected chi connectivity index (χ0v) is 27.2. The highest BCUT2D eigenvalue weighted by molar-refractivity contribution is 6.04. The zero-order chi connectivity index (χ0) is 33.1. The number of fused-ring (bicyclic) bond motifs is 1. The molecule has 1 heterocycles. The normalized spacial score (nSPS) is 13.1. The van der Waals surface area contributed by atoms with E-state index in [0.717, 1.165) is 36.8 Å². The van der Waals surface area contributed by atoms with E-state index in [1.54, 1.807) is 52.2 Å². The lowest BCUT2D eigenvalue weighted by molar-refractivity contribution is -0.143. The van der Waals surface area contributed by atoms with Crippen LogP contribution in [-0.4, -0.2) is 72.1 Å². The molecule has 0 saturated carbocycles. The molecule has 5 N–H and O–H groups in total. The number of amidine groups is 1. The summed E-state index contributed by atoms with van der Waals surface area (Å²) in [6, 6.07) is 12.1. The SMILES string of the molecule is CCCCCCOC(=O)NC(=N)c1ccc(C(N)c2nc3cc(C(C)(NCCC(=O)OCC)C(=O)N(C)C)ccc3n2C)cc1. The van der Waals surface area contributed by atoms with Crippen LogP contribution in [0.4, 0.5) is 4.79 Å². The minimum absolute atomic E-state index is 0.0601. The van der Waals surface area contributed by atoms with Crippen molar-refractivity contribution in [3.05, 3.63) is 65.0 Å². The van der Waals surface area contributed by atoms with Crippen LogP contribution in [0.25, 0.3) is 11.0 Å². The van der Waals surface area contributed by atoms with Crippen molar-refractivity contribution in [2.75, 3.05) is 33.9 Å². The predicted molar refractivity (Wildman–Crippen MR) is 174 cm³/mol. The number of carbonyl (C=O) groups excluding carboxylic acids is 3. The molecule has 2 atom stereocenters. The molecule has 12 nitrogen and oxygen atoms in total. The summed E-state index contributed by atoms with van der Waals surface area (Å²) in [5, 5.41) is 14.0. The van der Waals surface area contributed by atoms with Crippen molar-refractivity contribution in [1.29, 1.82) is 5.41 Å². The highest BCUT2D eigenvalue weighted by atomic mass is 16.5. The summed E-state index contributed by atoms with van der Waals surface area (Å²) in [7, 11) is 5.26. The molecule has 2 aromatic carbocycles. The van der Waals surface area contributed by atoms with Gasteiger partial charge in [-0.1, -0.05) is 56.5 Å². The smallest absolute Gasteiger partial charge is 0.412 e. The molecule has 12 heteroatoms. The van der Waals surface area contributed by atoms with Crippen molar-refractivity contribution in [3.63, 3.8) is 0 Å². The number of rotatable bonds is 15. The molecule has 0 aliphatic carbocycles. The number of carbonyl (C=O) groups is 3. The summed E-state index contributed by atoms with van der Waals surface area (Å²) in [5.74, 6) is 0.0556. The van der Waals surface area contributed by atoms with Crippen LogP contribution in [0.15, 0.2) is 42.5 Å². The van der Waals surface area contributed by atoms with Gasteiger partial charge in [-0.25, -0.2) is 9.78 Å². The summed E-state index contributed by atoms with van der Waals surface area (Å²) < 4.78 is 12.1. The molecule has 0 aliphatic heterocycles. The monoisotopic (exact) mass is 621 g/mol. The fraction of sp³-hybridized carbons (Fsp3) is 0.485. The van der Waals surface area contributed by atoms with Gasteiger partial charge in [0.1, 0.15) is 17.2 Å². The number of esters is 1. The summed E-state index contributed by atoms with van der Waals surface area (Å²) in [6.45, 7) is 6.54. The van der Waals surface area contributed by atoms with E-state index >= 15 is 0 Å². The number of alkyl carbamates (subject to hydrolysis) is 1. The molecule has 0 radical (unpaired) electrons. The molecule has 2 amide bonds. The van der Waals surface area contributed by atoms with E-state index in [1.165, 1.54) is 4.90 Å². The second-order valence-corrected chi connectivity index (χ2v) is 11.3. The Morgan fingerprint density at radius 1 is 1.07 bits per heavy atom. The maximum Gasteiger partial charge on any atom is 0.412 e. The fourth-order valence-corrected chi connectivity index (χ4v) is 5.11. The number of amides is 2. The summed E-state index contributed by atoms with van der Waals surface area (Å²) >= 11 is 0. The van der Waals surface area contributed by atoms with Gasteiger partial charge in [0.15, 0.2) is 0 Å². The Hall–Kier alpha value is -4.29. The topological polar surface area (TPSA) is 165 Å². The Morgan fingerprint density at radius 2 is 1.78 bits per heavy atom. The van der Waals surface area contributed by atoms with E-state index in [2.05, 4.69) is 17.6 Å². The van der Waals surface area contributed by atoms with Crippen molar-refractivity contribution in [1.82, 2.24) is 25.1 Å². The Balaban J connectivity index is 1.77. The van der Waals surface area contributed by atoms with Crippen molar-refractivity contribution >= 4 is 34.8 Å². The number of ether oxygens (including phenoxy) is 2. The summed E-state index contributed by atoms with van der Waals surface area (Å²) in [4.78, 5) is 43.6. The molecule has 3 aromatic rings. The number of nitrogens with one attached hydrogen (secondary N) is 3. The van der Waals surface area contributed by atoms with Gasteiger partial charge in [-0.3, -0.25) is 25.6 Å². The molecule has 1 aromatic heterocycles. The zero-order valence-electron chi connectivity index (χ0n) is 27.2. The highest BCUT2D eigenvalue weighted by Gasteiger charge is 2.36. The van der Waals surface area contributed by atoms with Crippen LogP contribution in [0, 0.1) is 5.41 Å². The first-order valence-corrected chi connectivity index (χ1v) is 15.4. The number of imidazole rings is 1. The van der Waals surface area contributed by atoms with E-state index < -0.39 is 17.7 Å². The maximum absolute atomic E-state index is 13.3. The first-order chi connectivity index (χ1) is 21.4. The van der Waals surface area contributed by atoms with Crippen LogP contribution in [0.3, 0.4) is 0 Å². The Morgan fingerprint density at radius 3 is 2.42 bits per heavy atom. The van der Waals surface area contributed by atoms with Gasteiger partial charge < -0.3 is 24.7 Å². The standard InChI is InChI=1S/C33H47N7O5/c1-7-9-10-11-20-45-32(43)38-29(35)23-14-12-22(13-15-23)28(34)30-37-25-21-24(16-17-26(25)40(30)6)33(3,31(42)39(4)5)36-19-18-27(41)44-8-2/h12-17,21,28,36H,7-11,18-20,34H2,1-6H3,(H2,35,38,43). The molecular formula is C33H47N7O5. The second kappa shape index (κ2) is 16.1. The quantitative estimate of drug-likeness (QED) is 0.0853. The van der Waals surface area contributed by atoms with Crippen LogP contribution in [0.1, 0.15) is 81.4 Å². The number of nitrogens with zero attached hydrogens (tertiary/aromatic N) is 3. The number of hydrogen-bond donors (Lipinski definition) is 4. The van der Waals surface area contributed by atoms with Crippen LogP contribution >= 0.6 is 0 Å². The summed E-state index contributed by atoms with van der Waals surface area (Å²) in [6.07, 6.45) is 3.48. The van der Waals surface area contributed by atoms with Crippen LogP contribution in [0.5, 0.6) is 0 Å². The van der Waals surface area contributed by atoms with Crippen molar-refractivity contribution in [2.24, 2.45) is 12.8 Å². The Labute approximate surface area is 265 Å². The first-order valence-electron chi connectivity index (χ1n) is 15.4. The Kier molecular flexibility index (Phi) is 12.6.